The van der Waals surface area contributed by atoms with E-state index >= 15 is 0 Å². The fraction of sp³-hybridized carbons (Fsp3) is 0.227. The van der Waals surface area contributed by atoms with Crippen molar-refractivity contribution in [2.45, 2.75) is 19.9 Å². The van der Waals surface area contributed by atoms with Crippen molar-refractivity contribution in [2.24, 2.45) is 0 Å². The quantitative estimate of drug-likeness (QED) is 0.382. The zero-order valence-corrected chi connectivity index (χ0v) is 19.5. The number of aromatic nitrogens is 3. The number of ether oxygens (including phenoxy) is 2. The summed E-state index contributed by atoms with van der Waals surface area (Å²) in [6, 6.07) is 7.40. The summed E-state index contributed by atoms with van der Waals surface area (Å²) in [6.45, 7) is 1.81. The lowest BCUT2D eigenvalue weighted by Crippen LogP contribution is -2.27. The van der Waals surface area contributed by atoms with E-state index in [-0.39, 0.29) is 24.5 Å². The maximum Gasteiger partial charge on any atom is 0.311 e. The third kappa shape index (κ3) is 5.10. The minimum Gasteiger partial charge on any atom is -0.497 e. The molecule has 0 spiro atoms. The van der Waals surface area contributed by atoms with Crippen LogP contribution in [0.5, 0.6) is 5.75 Å². The molecule has 1 N–H and O–H groups in total. The van der Waals surface area contributed by atoms with Gasteiger partial charge in [0.15, 0.2) is 5.13 Å². The van der Waals surface area contributed by atoms with Gasteiger partial charge in [-0.15, -0.1) is 22.7 Å². The van der Waals surface area contributed by atoms with Crippen LogP contribution in [-0.2, 0) is 27.3 Å². The molecule has 0 fully saturated rings. The Morgan fingerprint density at radius 2 is 1.94 bits per heavy atom. The van der Waals surface area contributed by atoms with E-state index in [2.05, 4.69) is 15.3 Å². The van der Waals surface area contributed by atoms with Crippen LogP contribution in [-0.4, -0.2) is 40.1 Å². The highest BCUT2D eigenvalue weighted by Crippen LogP contribution is 2.31. The molecule has 0 aliphatic heterocycles. The standard InChI is InChI=1S/C22H20N4O5S2/c1-3-31-18(28)8-14-10-33-22(24-14)25-17(27)9-26-12-23-20-19(21(26)29)16(11-32-20)13-4-6-15(30-2)7-5-13/h4-7,10-12H,3,8-9H2,1-2H3,(H,24,25,27). The van der Waals surface area contributed by atoms with Gasteiger partial charge >= 0.3 is 5.97 Å². The average molecular weight is 485 g/mol. The number of rotatable bonds is 8. The smallest absolute Gasteiger partial charge is 0.311 e. The molecule has 3 heterocycles. The number of amides is 1. The second-order valence-corrected chi connectivity index (χ2v) is 8.63. The molecule has 0 bridgehead atoms. The van der Waals surface area contributed by atoms with Gasteiger partial charge < -0.3 is 14.8 Å². The van der Waals surface area contributed by atoms with Gasteiger partial charge in [0.05, 0.1) is 37.5 Å². The minimum atomic E-state index is -0.420. The van der Waals surface area contributed by atoms with Crippen molar-refractivity contribution in [3.05, 3.63) is 57.4 Å². The topological polar surface area (TPSA) is 112 Å². The molecule has 0 saturated heterocycles. The lowest BCUT2D eigenvalue weighted by Gasteiger charge is -2.06. The Morgan fingerprint density at radius 1 is 1.15 bits per heavy atom. The first kappa shape index (κ1) is 22.6. The number of benzene rings is 1. The molecule has 0 aliphatic carbocycles. The van der Waals surface area contributed by atoms with E-state index in [1.807, 2.05) is 29.6 Å². The number of nitrogens with one attached hydrogen (secondary N) is 1. The van der Waals surface area contributed by atoms with Gasteiger partial charge in [-0.1, -0.05) is 12.1 Å². The molecule has 0 saturated carbocycles. The summed E-state index contributed by atoms with van der Waals surface area (Å²) in [4.78, 5) is 46.4. The second-order valence-electron chi connectivity index (χ2n) is 6.91. The van der Waals surface area contributed by atoms with Crippen LogP contribution in [0.15, 0.2) is 46.1 Å². The van der Waals surface area contributed by atoms with Crippen LogP contribution < -0.4 is 15.6 Å². The summed E-state index contributed by atoms with van der Waals surface area (Å²) in [5, 5.41) is 7.03. The number of carbonyl (C=O) groups excluding carboxylic acids is 2. The molecular weight excluding hydrogens is 464 g/mol. The number of esters is 1. The Morgan fingerprint density at radius 3 is 2.67 bits per heavy atom. The number of anilines is 1. The van der Waals surface area contributed by atoms with Crippen molar-refractivity contribution in [1.29, 1.82) is 0 Å². The molecular formula is C22H20N4O5S2. The number of thiophene rings is 1. The summed E-state index contributed by atoms with van der Waals surface area (Å²) in [7, 11) is 1.59. The number of carbonyl (C=O) groups is 2. The summed E-state index contributed by atoms with van der Waals surface area (Å²) in [5.41, 5.74) is 1.83. The van der Waals surface area contributed by atoms with Gasteiger partial charge in [0.1, 0.15) is 17.1 Å². The van der Waals surface area contributed by atoms with E-state index in [0.717, 1.165) is 16.9 Å². The second kappa shape index (κ2) is 9.92. The van der Waals surface area contributed by atoms with Crippen LogP contribution in [0.2, 0.25) is 0 Å². The van der Waals surface area contributed by atoms with E-state index in [1.165, 1.54) is 33.6 Å². The van der Waals surface area contributed by atoms with Gasteiger partial charge in [0.2, 0.25) is 5.91 Å². The van der Waals surface area contributed by atoms with E-state index in [9.17, 15) is 14.4 Å². The number of hydrogen-bond donors (Lipinski definition) is 1. The first-order chi connectivity index (χ1) is 16.0. The Labute approximate surface area is 196 Å². The Balaban J connectivity index is 1.51. The molecule has 9 nitrogen and oxygen atoms in total. The zero-order valence-electron chi connectivity index (χ0n) is 17.9. The lowest BCUT2D eigenvalue weighted by molar-refractivity contribution is -0.142. The van der Waals surface area contributed by atoms with Gasteiger partial charge in [-0.2, -0.15) is 0 Å². The van der Waals surface area contributed by atoms with Gasteiger partial charge in [-0.25, -0.2) is 9.97 Å². The molecule has 4 aromatic rings. The maximum absolute atomic E-state index is 13.1. The number of thiazole rings is 1. The van der Waals surface area contributed by atoms with Crippen LogP contribution in [0.3, 0.4) is 0 Å². The number of methoxy groups -OCH3 is 1. The van der Waals surface area contributed by atoms with Crippen molar-refractivity contribution in [3.63, 3.8) is 0 Å². The van der Waals surface area contributed by atoms with Crippen LogP contribution in [0.1, 0.15) is 12.6 Å². The largest absolute Gasteiger partial charge is 0.497 e. The third-order valence-electron chi connectivity index (χ3n) is 4.70. The lowest BCUT2D eigenvalue weighted by atomic mass is 10.1. The SMILES string of the molecule is CCOC(=O)Cc1csc(NC(=O)Cn2cnc3scc(-c4ccc(OC)cc4)c3c2=O)n1. The fourth-order valence-corrected chi connectivity index (χ4v) is 4.82. The van der Waals surface area contributed by atoms with Gasteiger partial charge in [0, 0.05) is 16.3 Å². The summed E-state index contributed by atoms with van der Waals surface area (Å²) in [5.74, 6) is -0.0790. The number of nitrogens with zero attached hydrogens (tertiary/aromatic N) is 3. The predicted molar refractivity (Wildman–Crippen MR) is 127 cm³/mol. The molecule has 1 aromatic carbocycles. The van der Waals surface area contributed by atoms with Gasteiger partial charge in [0.25, 0.3) is 5.56 Å². The van der Waals surface area contributed by atoms with Crippen molar-refractivity contribution >= 4 is 49.9 Å². The Hall–Kier alpha value is -3.57. The third-order valence-corrected chi connectivity index (χ3v) is 6.40. The molecule has 0 radical (unpaired) electrons. The highest BCUT2D eigenvalue weighted by molar-refractivity contribution is 7.17. The van der Waals surface area contributed by atoms with Crippen LogP contribution in [0.25, 0.3) is 21.3 Å². The average Bonchev–Trinajstić information content (AvgIpc) is 3.43. The van der Waals surface area contributed by atoms with Crippen molar-refractivity contribution < 1.29 is 19.1 Å². The van der Waals surface area contributed by atoms with E-state index < -0.39 is 5.91 Å². The predicted octanol–water partition coefficient (Wildman–Crippen LogP) is 3.33. The van der Waals surface area contributed by atoms with E-state index in [4.69, 9.17) is 9.47 Å². The zero-order chi connectivity index (χ0) is 23.4. The molecule has 0 atom stereocenters. The first-order valence-corrected chi connectivity index (χ1v) is 11.8. The normalized spacial score (nSPS) is 10.8. The van der Waals surface area contributed by atoms with E-state index in [0.29, 0.717) is 27.6 Å². The molecule has 11 heteroatoms. The fourth-order valence-electron chi connectivity index (χ4n) is 3.18. The van der Waals surface area contributed by atoms with Crippen LogP contribution >= 0.6 is 22.7 Å². The highest BCUT2D eigenvalue weighted by Gasteiger charge is 2.16. The molecule has 4 rings (SSSR count). The monoisotopic (exact) mass is 484 g/mol. The summed E-state index contributed by atoms with van der Waals surface area (Å²) < 4.78 is 11.4. The number of hydrogen-bond acceptors (Lipinski definition) is 9. The maximum atomic E-state index is 13.1. The van der Waals surface area contributed by atoms with Crippen molar-refractivity contribution in [3.8, 4) is 16.9 Å². The molecule has 33 heavy (non-hydrogen) atoms. The van der Waals surface area contributed by atoms with Crippen LogP contribution in [0.4, 0.5) is 5.13 Å². The number of fused-ring (bicyclic) bond motifs is 1. The summed E-state index contributed by atoms with van der Waals surface area (Å²) >= 11 is 2.57. The Kier molecular flexibility index (Phi) is 6.80. The highest BCUT2D eigenvalue weighted by atomic mass is 32.1. The molecule has 0 aliphatic rings. The molecule has 170 valence electrons. The van der Waals surface area contributed by atoms with E-state index in [1.54, 1.807) is 19.4 Å². The Bertz CT molecular complexity index is 1360. The molecule has 1 amide bonds. The first-order valence-electron chi connectivity index (χ1n) is 9.99. The minimum absolute atomic E-state index is 0.0343. The molecule has 3 aromatic heterocycles. The summed E-state index contributed by atoms with van der Waals surface area (Å²) in [6.07, 6.45) is 1.40. The van der Waals surface area contributed by atoms with Crippen LogP contribution in [0, 0.1) is 0 Å². The molecule has 0 unspecified atom stereocenters. The van der Waals surface area contributed by atoms with Gasteiger partial charge in [-0.05, 0) is 24.6 Å². The van der Waals surface area contributed by atoms with Crippen molar-refractivity contribution in [2.75, 3.05) is 19.0 Å². The van der Waals surface area contributed by atoms with Crippen molar-refractivity contribution in [1.82, 2.24) is 14.5 Å². The van der Waals surface area contributed by atoms with Gasteiger partial charge in [-0.3, -0.25) is 19.0 Å².